The van der Waals surface area contributed by atoms with Crippen LogP contribution < -0.4 is 0 Å². The molecule has 252 valence electrons. The Kier molecular flexibility index (Phi) is 22.5. The lowest BCUT2D eigenvalue weighted by molar-refractivity contribution is -0.139. The van der Waals surface area contributed by atoms with E-state index in [2.05, 4.69) is 6.92 Å². The summed E-state index contributed by atoms with van der Waals surface area (Å²) in [6, 6.07) is 0. The van der Waals surface area contributed by atoms with Crippen LogP contribution >= 0.6 is 0 Å². The zero-order valence-corrected chi connectivity index (χ0v) is 28.4. The van der Waals surface area contributed by atoms with Crippen molar-refractivity contribution >= 4 is 5.97 Å². The normalized spacial score (nSPS) is 21.7. The van der Waals surface area contributed by atoms with E-state index in [0.29, 0.717) is 0 Å². The van der Waals surface area contributed by atoms with Gasteiger partial charge in [-0.2, -0.15) is 0 Å². The molecule has 0 aromatic carbocycles. The third-order valence-corrected chi connectivity index (χ3v) is 9.73. The summed E-state index contributed by atoms with van der Waals surface area (Å²) in [4.78, 5) is 11.6. The topological polar surface area (TPSA) is 76.0 Å². The van der Waals surface area contributed by atoms with Crippen LogP contribution in [0.4, 0.5) is 0 Å². The van der Waals surface area contributed by atoms with E-state index in [-0.39, 0.29) is 36.5 Å². The summed E-state index contributed by atoms with van der Waals surface area (Å²) in [7, 11) is 0. The molecule has 1 fully saturated rings. The first-order valence-electron chi connectivity index (χ1n) is 18.9. The van der Waals surface area contributed by atoms with Crippen LogP contribution in [0.5, 0.6) is 0 Å². The maximum Gasteiger partial charge on any atom is 0.334 e. The van der Waals surface area contributed by atoms with E-state index in [9.17, 15) is 15.0 Å². The monoisotopic (exact) mass is 607 g/mol. The molecule has 0 radical (unpaired) electrons. The van der Waals surface area contributed by atoms with Gasteiger partial charge in [-0.25, -0.2) is 4.79 Å². The number of aliphatic hydroxyl groups is 2. The first-order valence-corrected chi connectivity index (χ1v) is 18.9. The summed E-state index contributed by atoms with van der Waals surface area (Å²) in [5.74, 6) is -0.110. The summed E-state index contributed by atoms with van der Waals surface area (Å²) >= 11 is 0. The van der Waals surface area contributed by atoms with Crippen LogP contribution in [-0.4, -0.2) is 46.7 Å². The first-order chi connectivity index (χ1) is 21.0. The van der Waals surface area contributed by atoms with Crippen molar-refractivity contribution in [3.05, 3.63) is 11.6 Å². The molecule has 1 saturated heterocycles. The molecule has 0 spiro atoms. The van der Waals surface area contributed by atoms with Gasteiger partial charge < -0.3 is 19.7 Å². The lowest BCUT2D eigenvalue weighted by Crippen LogP contribution is -2.31. The highest BCUT2D eigenvalue weighted by Gasteiger charge is 2.34. The molecule has 0 saturated carbocycles. The van der Waals surface area contributed by atoms with E-state index in [0.717, 1.165) is 56.9 Å². The molecule has 0 aromatic rings. The number of rotatable bonds is 29. The van der Waals surface area contributed by atoms with Gasteiger partial charge in [-0.3, -0.25) is 0 Å². The van der Waals surface area contributed by atoms with Gasteiger partial charge in [-0.15, -0.1) is 0 Å². The third kappa shape index (κ3) is 18.6. The van der Waals surface area contributed by atoms with Crippen molar-refractivity contribution in [1.29, 1.82) is 0 Å². The van der Waals surface area contributed by atoms with Gasteiger partial charge in [-0.1, -0.05) is 148 Å². The highest BCUT2D eigenvalue weighted by molar-refractivity contribution is 5.90. The van der Waals surface area contributed by atoms with E-state index >= 15 is 0 Å². The van der Waals surface area contributed by atoms with Crippen LogP contribution in [0.3, 0.4) is 0 Å². The summed E-state index contributed by atoms with van der Waals surface area (Å²) in [5.41, 5.74) is 0.877. The van der Waals surface area contributed by atoms with E-state index in [1.54, 1.807) is 0 Å². The number of cyclic esters (lactones) is 1. The molecule has 0 aliphatic carbocycles. The predicted molar refractivity (Wildman–Crippen MR) is 179 cm³/mol. The average Bonchev–Trinajstić information content (AvgIpc) is 3.62. The second kappa shape index (κ2) is 25.3. The van der Waals surface area contributed by atoms with Crippen molar-refractivity contribution in [1.82, 2.24) is 0 Å². The van der Waals surface area contributed by atoms with Gasteiger partial charge in [0.1, 0.15) is 6.10 Å². The molecule has 2 rings (SSSR count). The molecule has 2 aliphatic rings. The van der Waals surface area contributed by atoms with E-state index in [1.165, 1.54) is 128 Å². The minimum absolute atomic E-state index is 0.0388. The molecule has 2 aliphatic heterocycles. The molecule has 5 heteroatoms. The highest BCUT2D eigenvalue weighted by atomic mass is 16.5. The van der Waals surface area contributed by atoms with Crippen molar-refractivity contribution in [2.24, 2.45) is 0 Å². The number of hydrogen-bond donors (Lipinski definition) is 2. The van der Waals surface area contributed by atoms with Gasteiger partial charge in [0.2, 0.25) is 0 Å². The van der Waals surface area contributed by atoms with Crippen LogP contribution in [0.1, 0.15) is 194 Å². The minimum Gasteiger partial charge on any atom is -0.455 e. The second-order valence-corrected chi connectivity index (χ2v) is 13.8. The van der Waals surface area contributed by atoms with Crippen molar-refractivity contribution in [3.8, 4) is 0 Å². The number of unbranched alkanes of at least 4 members (excludes halogenated alkanes) is 21. The number of hydrogen-bond acceptors (Lipinski definition) is 5. The number of carbonyl (C=O) groups excluding carboxylic acids is 1. The Balaban J connectivity index is 1.32. The number of aliphatic hydroxyl groups excluding tert-OH is 2. The van der Waals surface area contributed by atoms with Crippen LogP contribution in [0.15, 0.2) is 11.6 Å². The molecule has 1 unspecified atom stereocenters. The SMILES string of the molecule is CCCCCCCCCCCCC[C@H](O)[C@@H]1CC[C@@H]([C@@H](O)CCCCCCCCCCCCCCC2=CC(C)OC2=O)O1. The molecule has 0 bridgehead atoms. The molecular formula is C38H70O5. The molecule has 0 aromatic heterocycles. The molecule has 5 atom stereocenters. The lowest BCUT2D eigenvalue weighted by Gasteiger charge is -2.22. The quantitative estimate of drug-likeness (QED) is 0.0654. The fraction of sp³-hybridized carbons (Fsp3) is 0.921. The zero-order chi connectivity index (χ0) is 31.0. The van der Waals surface area contributed by atoms with Crippen molar-refractivity contribution < 1.29 is 24.5 Å². The predicted octanol–water partition coefficient (Wildman–Crippen LogP) is 10.3. The fourth-order valence-corrected chi connectivity index (χ4v) is 6.90. The highest BCUT2D eigenvalue weighted by Crippen LogP contribution is 2.28. The molecule has 5 nitrogen and oxygen atoms in total. The van der Waals surface area contributed by atoms with Crippen LogP contribution in [0.25, 0.3) is 0 Å². The van der Waals surface area contributed by atoms with E-state index < -0.39 is 0 Å². The number of ether oxygens (including phenoxy) is 2. The van der Waals surface area contributed by atoms with Gasteiger partial charge in [0.05, 0.1) is 24.4 Å². The van der Waals surface area contributed by atoms with Crippen LogP contribution in [0, 0.1) is 0 Å². The van der Waals surface area contributed by atoms with Crippen molar-refractivity contribution in [3.63, 3.8) is 0 Å². The Morgan fingerprint density at radius 2 is 1.00 bits per heavy atom. The number of carbonyl (C=O) groups is 1. The summed E-state index contributed by atoms with van der Waals surface area (Å²) in [5, 5.41) is 21.3. The Labute approximate surface area is 266 Å². The Hall–Kier alpha value is -0.910. The minimum atomic E-state index is -0.383. The standard InChI is InChI=1S/C38H70O5/c1-3-4-5-6-7-8-11-15-18-21-24-27-34(39)36-29-30-37(43-36)35(40)28-25-22-19-16-13-10-9-12-14-17-20-23-26-33-31-32(2)42-38(33)41/h31-32,34-37,39-40H,3-30H2,1-2H3/t32?,34-,35-,36-,37-/m0/s1. The smallest absolute Gasteiger partial charge is 0.334 e. The zero-order valence-electron chi connectivity index (χ0n) is 28.4. The largest absolute Gasteiger partial charge is 0.455 e. The molecule has 2 heterocycles. The van der Waals surface area contributed by atoms with Gasteiger partial charge >= 0.3 is 5.97 Å². The van der Waals surface area contributed by atoms with E-state index in [4.69, 9.17) is 9.47 Å². The van der Waals surface area contributed by atoms with Gasteiger partial charge in [0.15, 0.2) is 0 Å². The number of esters is 1. The Morgan fingerprint density at radius 1 is 0.628 bits per heavy atom. The maximum atomic E-state index is 11.6. The van der Waals surface area contributed by atoms with Gasteiger partial charge in [0, 0.05) is 5.57 Å². The summed E-state index contributed by atoms with van der Waals surface area (Å²) in [6.45, 7) is 4.19. The summed E-state index contributed by atoms with van der Waals surface area (Å²) in [6.07, 6.45) is 34.9. The maximum absolute atomic E-state index is 11.6. The third-order valence-electron chi connectivity index (χ3n) is 9.73. The molecule has 43 heavy (non-hydrogen) atoms. The molecule has 0 amide bonds. The van der Waals surface area contributed by atoms with Gasteiger partial charge in [0.25, 0.3) is 0 Å². The van der Waals surface area contributed by atoms with E-state index in [1.807, 2.05) is 13.0 Å². The van der Waals surface area contributed by atoms with Crippen molar-refractivity contribution in [2.75, 3.05) is 0 Å². The fourth-order valence-electron chi connectivity index (χ4n) is 6.90. The van der Waals surface area contributed by atoms with Crippen LogP contribution in [0.2, 0.25) is 0 Å². The second-order valence-electron chi connectivity index (χ2n) is 13.8. The molecular weight excluding hydrogens is 536 g/mol. The van der Waals surface area contributed by atoms with Crippen molar-refractivity contribution in [2.45, 2.75) is 224 Å². The van der Waals surface area contributed by atoms with Crippen LogP contribution in [-0.2, 0) is 14.3 Å². The lowest BCUT2D eigenvalue weighted by atomic mass is 10.00. The first kappa shape index (κ1) is 38.3. The molecule has 2 N–H and O–H groups in total. The average molecular weight is 607 g/mol. The van der Waals surface area contributed by atoms with Gasteiger partial charge in [-0.05, 0) is 51.5 Å². The summed E-state index contributed by atoms with van der Waals surface area (Å²) < 4.78 is 11.3. The Morgan fingerprint density at radius 3 is 1.37 bits per heavy atom. The Bertz CT molecular complexity index is 706.